The Labute approximate surface area is 163 Å². The lowest BCUT2D eigenvalue weighted by molar-refractivity contribution is 0.0892. The molecule has 0 amide bonds. The summed E-state index contributed by atoms with van der Waals surface area (Å²) < 4.78 is 3.49. The Morgan fingerprint density at radius 1 is 1.36 bits per heavy atom. The first kappa shape index (κ1) is 18.3. The van der Waals surface area contributed by atoms with Crippen LogP contribution in [0.5, 0.6) is 0 Å². The van der Waals surface area contributed by atoms with Crippen molar-refractivity contribution < 1.29 is 5.11 Å². The zero-order valence-corrected chi connectivity index (χ0v) is 16.1. The summed E-state index contributed by atoms with van der Waals surface area (Å²) >= 11 is 0. The summed E-state index contributed by atoms with van der Waals surface area (Å²) in [6, 6.07) is 2.30. The first-order chi connectivity index (χ1) is 13.5. The maximum absolute atomic E-state index is 9.36. The SMILES string of the molecule is [C-]#[N+]c1c(NCCc2ccn(C3CCC3CO)n2)nc2c(C)c(C)nn2c1N. The van der Waals surface area contributed by atoms with E-state index >= 15 is 0 Å². The van der Waals surface area contributed by atoms with Gasteiger partial charge in [-0.15, -0.1) is 0 Å². The fourth-order valence-electron chi connectivity index (χ4n) is 3.62. The number of rotatable bonds is 6. The molecule has 0 saturated heterocycles. The molecule has 4 N–H and O–H groups in total. The second-order valence-corrected chi connectivity index (χ2v) is 7.30. The van der Waals surface area contributed by atoms with Crippen molar-refractivity contribution in [2.24, 2.45) is 5.92 Å². The van der Waals surface area contributed by atoms with Crippen molar-refractivity contribution in [1.82, 2.24) is 24.4 Å². The third-order valence-electron chi connectivity index (χ3n) is 5.64. The number of aryl methyl sites for hydroxylation is 2. The average Bonchev–Trinajstić information content (AvgIpc) is 3.21. The van der Waals surface area contributed by atoms with Crippen molar-refractivity contribution >= 4 is 23.0 Å². The number of nitrogen functional groups attached to an aromatic ring is 1. The molecule has 9 heteroatoms. The highest BCUT2D eigenvalue weighted by Gasteiger charge is 2.32. The number of hydrogen-bond acceptors (Lipinski definition) is 6. The summed E-state index contributed by atoms with van der Waals surface area (Å²) in [5, 5.41) is 21.6. The smallest absolute Gasteiger partial charge is 0.268 e. The van der Waals surface area contributed by atoms with Gasteiger partial charge in [0.1, 0.15) is 11.6 Å². The van der Waals surface area contributed by atoms with E-state index < -0.39 is 0 Å². The van der Waals surface area contributed by atoms with Crippen LogP contribution in [0.15, 0.2) is 12.3 Å². The van der Waals surface area contributed by atoms with Gasteiger partial charge in [-0.1, -0.05) is 0 Å². The third-order valence-corrected chi connectivity index (χ3v) is 5.64. The second kappa shape index (κ2) is 7.13. The molecular weight excluding hydrogens is 356 g/mol. The van der Waals surface area contributed by atoms with E-state index in [0.29, 0.717) is 42.2 Å². The second-order valence-electron chi connectivity index (χ2n) is 7.30. The average molecular weight is 380 g/mol. The molecule has 0 aliphatic heterocycles. The molecule has 3 heterocycles. The summed E-state index contributed by atoms with van der Waals surface area (Å²) in [4.78, 5) is 8.12. The Hall–Kier alpha value is -3.12. The maximum Gasteiger partial charge on any atom is 0.268 e. The van der Waals surface area contributed by atoms with Gasteiger partial charge in [-0.05, 0) is 32.8 Å². The number of nitrogens with one attached hydrogen (secondary N) is 1. The Morgan fingerprint density at radius 3 is 2.86 bits per heavy atom. The van der Waals surface area contributed by atoms with E-state index in [9.17, 15) is 5.11 Å². The number of aliphatic hydroxyl groups excluding tert-OH is 1. The Balaban J connectivity index is 1.48. The molecule has 2 atom stereocenters. The van der Waals surface area contributed by atoms with E-state index in [4.69, 9.17) is 12.3 Å². The largest absolute Gasteiger partial charge is 0.396 e. The first-order valence-electron chi connectivity index (χ1n) is 9.45. The lowest BCUT2D eigenvalue weighted by atomic mass is 9.80. The van der Waals surface area contributed by atoms with E-state index in [1.807, 2.05) is 30.8 Å². The maximum atomic E-state index is 9.36. The molecule has 0 bridgehead atoms. The molecule has 3 aromatic heterocycles. The van der Waals surface area contributed by atoms with Gasteiger partial charge >= 0.3 is 0 Å². The molecule has 146 valence electrons. The molecule has 3 aromatic rings. The van der Waals surface area contributed by atoms with Crippen molar-refractivity contribution in [3.63, 3.8) is 0 Å². The molecule has 2 unspecified atom stereocenters. The highest BCUT2D eigenvalue weighted by atomic mass is 16.3. The summed E-state index contributed by atoms with van der Waals surface area (Å²) in [6.07, 6.45) is 4.80. The van der Waals surface area contributed by atoms with E-state index in [0.717, 1.165) is 29.8 Å². The van der Waals surface area contributed by atoms with Gasteiger partial charge in [-0.2, -0.15) is 10.2 Å². The third kappa shape index (κ3) is 2.96. The molecule has 28 heavy (non-hydrogen) atoms. The fraction of sp³-hybridized carbons (Fsp3) is 0.474. The van der Waals surface area contributed by atoms with Crippen molar-refractivity contribution in [2.75, 3.05) is 24.2 Å². The summed E-state index contributed by atoms with van der Waals surface area (Å²) in [6.45, 7) is 12.1. The van der Waals surface area contributed by atoms with Gasteiger partial charge in [0.25, 0.3) is 5.69 Å². The Bertz CT molecular complexity index is 1060. The number of hydrogen-bond donors (Lipinski definition) is 3. The number of nitrogens with two attached hydrogens (primary N) is 1. The van der Waals surface area contributed by atoms with Gasteiger partial charge in [0.15, 0.2) is 5.65 Å². The normalized spacial score (nSPS) is 18.8. The van der Waals surface area contributed by atoms with Crippen LogP contribution in [0.3, 0.4) is 0 Å². The Kier molecular flexibility index (Phi) is 4.65. The summed E-state index contributed by atoms with van der Waals surface area (Å²) in [5.74, 6) is 1.08. The van der Waals surface area contributed by atoms with Crippen LogP contribution < -0.4 is 11.1 Å². The van der Waals surface area contributed by atoms with Crippen LogP contribution in [0.4, 0.5) is 17.3 Å². The predicted molar refractivity (Wildman–Crippen MR) is 106 cm³/mol. The van der Waals surface area contributed by atoms with E-state index in [-0.39, 0.29) is 12.3 Å². The minimum Gasteiger partial charge on any atom is -0.396 e. The number of aromatic nitrogens is 5. The van der Waals surface area contributed by atoms with Crippen molar-refractivity contribution in [2.45, 2.75) is 39.2 Å². The topological polar surface area (TPSA) is 111 Å². The van der Waals surface area contributed by atoms with Gasteiger partial charge in [0.2, 0.25) is 0 Å². The van der Waals surface area contributed by atoms with Crippen LogP contribution in [-0.2, 0) is 6.42 Å². The minimum atomic E-state index is 0.212. The van der Waals surface area contributed by atoms with Gasteiger partial charge < -0.3 is 16.2 Å². The Morgan fingerprint density at radius 2 is 2.18 bits per heavy atom. The number of anilines is 2. The molecule has 1 fully saturated rings. The molecule has 0 aromatic carbocycles. The number of nitrogens with zero attached hydrogens (tertiary/aromatic N) is 6. The molecular formula is C19H24N8O. The molecule has 9 nitrogen and oxygen atoms in total. The van der Waals surface area contributed by atoms with Crippen LogP contribution in [0, 0.1) is 26.3 Å². The standard InChI is InChI=1S/C19H24N8O/c1-11-12(2)24-27-17(20)16(21-3)18(23-19(11)27)22-8-6-14-7-9-26(25-14)15-5-4-13(15)10-28/h7,9,13,15,28H,4-6,8,10,20H2,1-2H3,(H,22,23). The highest BCUT2D eigenvalue weighted by molar-refractivity contribution is 5.80. The molecule has 1 aliphatic rings. The van der Waals surface area contributed by atoms with Crippen LogP contribution in [0.1, 0.15) is 35.8 Å². The molecule has 4 rings (SSSR count). The monoisotopic (exact) mass is 380 g/mol. The summed E-state index contributed by atoms with van der Waals surface area (Å²) in [7, 11) is 0. The fourth-order valence-corrected chi connectivity index (χ4v) is 3.62. The van der Waals surface area contributed by atoms with E-state index in [2.05, 4.69) is 25.3 Å². The van der Waals surface area contributed by atoms with Crippen LogP contribution in [0.2, 0.25) is 0 Å². The van der Waals surface area contributed by atoms with Crippen LogP contribution in [0.25, 0.3) is 10.5 Å². The lowest BCUT2D eigenvalue weighted by Gasteiger charge is -2.35. The first-order valence-corrected chi connectivity index (χ1v) is 9.45. The van der Waals surface area contributed by atoms with Crippen molar-refractivity contribution in [1.29, 1.82) is 0 Å². The van der Waals surface area contributed by atoms with Gasteiger partial charge in [0, 0.05) is 37.3 Å². The predicted octanol–water partition coefficient (Wildman–Crippen LogP) is 2.27. The zero-order valence-electron chi connectivity index (χ0n) is 16.1. The van der Waals surface area contributed by atoms with Gasteiger partial charge in [0.05, 0.1) is 24.0 Å². The van der Waals surface area contributed by atoms with Crippen LogP contribution >= 0.6 is 0 Å². The lowest BCUT2D eigenvalue weighted by Crippen LogP contribution is -2.31. The quantitative estimate of drug-likeness (QED) is 0.566. The molecule has 0 spiro atoms. The van der Waals surface area contributed by atoms with Crippen molar-refractivity contribution in [3.8, 4) is 0 Å². The van der Waals surface area contributed by atoms with Gasteiger partial charge in [-0.25, -0.2) is 14.3 Å². The van der Waals surface area contributed by atoms with E-state index in [1.165, 1.54) is 4.52 Å². The molecule has 1 saturated carbocycles. The van der Waals surface area contributed by atoms with Crippen LogP contribution in [-0.4, -0.2) is 42.6 Å². The van der Waals surface area contributed by atoms with E-state index in [1.54, 1.807) is 0 Å². The number of aliphatic hydroxyl groups is 1. The van der Waals surface area contributed by atoms with Gasteiger partial charge in [-0.3, -0.25) is 4.68 Å². The number of fused-ring (bicyclic) bond motifs is 1. The highest BCUT2D eigenvalue weighted by Crippen LogP contribution is 2.37. The molecule has 1 aliphatic carbocycles. The zero-order chi connectivity index (χ0) is 19.8. The minimum absolute atomic E-state index is 0.212. The van der Waals surface area contributed by atoms with Crippen molar-refractivity contribution in [3.05, 3.63) is 40.6 Å². The summed E-state index contributed by atoms with van der Waals surface area (Å²) in [5.41, 5.74) is 9.84. The molecule has 0 radical (unpaired) electrons.